The molecule has 0 saturated carbocycles. The number of hydrogen-bond acceptors (Lipinski definition) is 3. The highest BCUT2D eigenvalue weighted by atomic mass is 79.9. The van der Waals surface area contributed by atoms with Crippen LogP contribution in [0.1, 0.15) is 5.69 Å². The molecule has 1 aromatic carbocycles. The average Bonchev–Trinajstić information content (AvgIpc) is 2.49. The Labute approximate surface area is 144 Å². The van der Waals surface area contributed by atoms with E-state index >= 15 is 0 Å². The summed E-state index contributed by atoms with van der Waals surface area (Å²) in [6.07, 6.45) is 1.67. The number of aromatic nitrogens is 2. The number of hydrogen-bond donors (Lipinski definition) is 0. The summed E-state index contributed by atoms with van der Waals surface area (Å²) >= 11 is 15.1. The molecule has 0 unspecified atom stereocenters. The molecule has 0 spiro atoms. The number of halogens is 3. The van der Waals surface area contributed by atoms with Crippen LogP contribution in [0.5, 0.6) is 5.75 Å². The van der Waals surface area contributed by atoms with Crippen LogP contribution in [0.25, 0.3) is 5.65 Å². The Morgan fingerprint density at radius 3 is 2.73 bits per heavy atom. The molecule has 0 radical (unpaired) electrons. The molecule has 0 fully saturated rings. The molecule has 22 heavy (non-hydrogen) atoms. The van der Waals surface area contributed by atoms with Crippen LogP contribution in [-0.4, -0.2) is 9.38 Å². The van der Waals surface area contributed by atoms with Gasteiger partial charge in [-0.1, -0.05) is 23.2 Å². The molecular weight excluding hydrogens is 391 g/mol. The second-order valence-electron chi connectivity index (χ2n) is 4.53. The number of benzene rings is 1. The van der Waals surface area contributed by atoms with Crippen molar-refractivity contribution in [3.8, 4) is 5.75 Å². The van der Waals surface area contributed by atoms with E-state index in [0.717, 1.165) is 4.47 Å². The highest BCUT2D eigenvalue weighted by Gasteiger charge is 2.05. The third kappa shape index (κ3) is 3.27. The fourth-order valence-corrected chi connectivity index (χ4v) is 2.55. The molecule has 112 valence electrons. The van der Waals surface area contributed by atoms with Crippen molar-refractivity contribution in [2.24, 2.45) is 0 Å². The highest BCUT2D eigenvalue weighted by molar-refractivity contribution is 9.10. The van der Waals surface area contributed by atoms with Crippen molar-refractivity contribution in [2.75, 3.05) is 0 Å². The van der Waals surface area contributed by atoms with E-state index in [-0.39, 0.29) is 12.2 Å². The van der Waals surface area contributed by atoms with Crippen LogP contribution in [0.4, 0.5) is 0 Å². The molecule has 4 nitrogen and oxygen atoms in total. The van der Waals surface area contributed by atoms with Crippen molar-refractivity contribution in [3.05, 3.63) is 73.2 Å². The van der Waals surface area contributed by atoms with Crippen LogP contribution in [0.15, 0.2) is 51.9 Å². The summed E-state index contributed by atoms with van der Waals surface area (Å²) in [4.78, 5) is 16.5. The van der Waals surface area contributed by atoms with Gasteiger partial charge in [-0.25, -0.2) is 4.98 Å². The molecule has 0 aliphatic heterocycles. The zero-order chi connectivity index (χ0) is 15.7. The number of rotatable bonds is 3. The summed E-state index contributed by atoms with van der Waals surface area (Å²) in [6.45, 7) is 0.166. The third-order valence-electron chi connectivity index (χ3n) is 2.95. The van der Waals surface area contributed by atoms with Gasteiger partial charge in [0.25, 0.3) is 5.56 Å². The van der Waals surface area contributed by atoms with Gasteiger partial charge in [0.15, 0.2) is 0 Å². The van der Waals surface area contributed by atoms with Crippen LogP contribution < -0.4 is 10.3 Å². The standard InChI is InChI=1S/C15H9BrCl2N2O2/c16-9-1-4-14-19-10(5-15(21)20(14)7-9)8-22-11-2-3-12(17)13(18)6-11/h1-7H,8H2. The van der Waals surface area contributed by atoms with Gasteiger partial charge in [0, 0.05) is 22.8 Å². The van der Waals surface area contributed by atoms with E-state index in [1.807, 2.05) is 6.07 Å². The number of ether oxygens (including phenoxy) is 1. The van der Waals surface area contributed by atoms with Crippen LogP contribution in [0.3, 0.4) is 0 Å². The Morgan fingerprint density at radius 2 is 1.95 bits per heavy atom. The Bertz CT molecular complexity index is 912. The maximum atomic E-state index is 12.1. The first kappa shape index (κ1) is 15.3. The molecule has 2 aromatic heterocycles. The summed E-state index contributed by atoms with van der Waals surface area (Å²) in [5, 5.41) is 0.872. The second kappa shape index (κ2) is 6.28. The van der Waals surface area contributed by atoms with E-state index in [1.165, 1.54) is 10.5 Å². The van der Waals surface area contributed by atoms with E-state index in [9.17, 15) is 4.79 Å². The van der Waals surface area contributed by atoms with Crippen molar-refractivity contribution in [1.29, 1.82) is 0 Å². The number of nitrogens with zero attached hydrogens (tertiary/aromatic N) is 2. The van der Waals surface area contributed by atoms with Gasteiger partial charge < -0.3 is 4.74 Å². The Morgan fingerprint density at radius 1 is 1.14 bits per heavy atom. The smallest absolute Gasteiger partial charge is 0.258 e. The van der Waals surface area contributed by atoms with Crippen LogP contribution >= 0.6 is 39.1 Å². The lowest BCUT2D eigenvalue weighted by atomic mass is 10.3. The predicted octanol–water partition coefficient (Wildman–Crippen LogP) is 4.34. The first-order chi connectivity index (χ1) is 10.5. The monoisotopic (exact) mass is 398 g/mol. The van der Waals surface area contributed by atoms with E-state index < -0.39 is 0 Å². The van der Waals surface area contributed by atoms with E-state index in [1.54, 1.807) is 30.5 Å². The molecule has 7 heteroatoms. The molecule has 0 aliphatic rings. The molecule has 0 bridgehead atoms. The number of fused-ring (bicyclic) bond motifs is 1. The van der Waals surface area contributed by atoms with Gasteiger partial charge in [-0.3, -0.25) is 9.20 Å². The molecule has 0 aliphatic carbocycles. The topological polar surface area (TPSA) is 43.6 Å². The zero-order valence-electron chi connectivity index (χ0n) is 11.1. The first-order valence-corrected chi connectivity index (χ1v) is 7.83. The van der Waals surface area contributed by atoms with Gasteiger partial charge in [0.2, 0.25) is 0 Å². The fraction of sp³-hybridized carbons (Fsp3) is 0.0667. The van der Waals surface area contributed by atoms with E-state index in [0.29, 0.717) is 27.1 Å². The normalized spacial score (nSPS) is 10.9. The minimum Gasteiger partial charge on any atom is -0.487 e. The predicted molar refractivity (Wildman–Crippen MR) is 90.0 cm³/mol. The minimum absolute atomic E-state index is 0.166. The van der Waals surface area contributed by atoms with Gasteiger partial charge in [0.1, 0.15) is 18.0 Å². The minimum atomic E-state index is -0.168. The molecular formula is C15H9BrCl2N2O2. The van der Waals surface area contributed by atoms with Crippen LogP contribution in [0, 0.1) is 0 Å². The van der Waals surface area contributed by atoms with Gasteiger partial charge in [-0.2, -0.15) is 0 Å². The van der Waals surface area contributed by atoms with Crippen molar-refractivity contribution in [1.82, 2.24) is 9.38 Å². The zero-order valence-corrected chi connectivity index (χ0v) is 14.2. The van der Waals surface area contributed by atoms with Crippen molar-refractivity contribution in [3.63, 3.8) is 0 Å². The van der Waals surface area contributed by atoms with Gasteiger partial charge in [-0.05, 0) is 40.2 Å². The lowest BCUT2D eigenvalue weighted by Gasteiger charge is -2.08. The van der Waals surface area contributed by atoms with Crippen molar-refractivity contribution in [2.45, 2.75) is 6.61 Å². The Hall–Kier alpha value is -1.56. The molecule has 0 saturated heterocycles. The largest absolute Gasteiger partial charge is 0.487 e. The lowest BCUT2D eigenvalue weighted by molar-refractivity contribution is 0.301. The molecule has 2 heterocycles. The quantitative estimate of drug-likeness (QED) is 0.657. The Balaban J connectivity index is 1.86. The molecule has 0 N–H and O–H groups in total. The van der Waals surface area contributed by atoms with Gasteiger partial charge >= 0.3 is 0 Å². The van der Waals surface area contributed by atoms with Gasteiger partial charge in [-0.15, -0.1) is 0 Å². The highest BCUT2D eigenvalue weighted by Crippen LogP contribution is 2.26. The molecule has 0 atom stereocenters. The summed E-state index contributed by atoms with van der Waals surface area (Å²) in [6, 6.07) is 10.0. The summed E-state index contributed by atoms with van der Waals surface area (Å²) < 4.78 is 7.87. The molecule has 3 rings (SSSR count). The van der Waals surface area contributed by atoms with Crippen molar-refractivity contribution >= 4 is 44.8 Å². The average molecular weight is 400 g/mol. The molecule has 3 aromatic rings. The summed E-state index contributed by atoms with van der Waals surface area (Å²) in [5.41, 5.74) is 0.931. The maximum Gasteiger partial charge on any atom is 0.258 e. The summed E-state index contributed by atoms with van der Waals surface area (Å²) in [7, 11) is 0. The van der Waals surface area contributed by atoms with E-state index in [4.69, 9.17) is 27.9 Å². The second-order valence-corrected chi connectivity index (χ2v) is 6.26. The van der Waals surface area contributed by atoms with Gasteiger partial charge in [0.05, 0.1) is 15.7 Å². The Kier molecular flexibility index (Phi) is 4.38. The first-order valence-electron chi connectivity index (χ1n) is 6.28. The SMILES string of the molecule is O=c1cc(COc2ccc(Cl)c(Cl)c2)nc2ccc(Br)cn12. The maximum absolute atomic E-state index is 12.1. The molecule has 0 amide bonds. The van der Waals surface area contributed by atoms with Crippen LogP contribution in [0.2, 0.25) is 10.0 Å². The van der Waals surface area contributed by atoms with Crippen molar-refractivity contribution < 1.29 is 4.74 Å². The summed E-state index contributed by atoms with van der Waals surface area (Å²) in [5.74, 6) is 0.562. The van der Waals surface area contributed by atoms with E-state index in [2.05, 4.69) is 20.9 Å². The lowest BCUT2D eigenvalue weighted by Crippen LogP contribution is -2.16. The fourth-order valence-electron chi connectivity index (χ4n) is 1.92. The van der Waals surface area contributed by atoms with Crippen LogP contribution in [-0.2, 0) is 6.61 Å². The number of pyridine rings is 1. The third-order valence-corrected chi connectivity index (χ3v) is 4.16.